The monoisotopic (exact) mass is 244 g/mol. The molecule has 0 aliphatic heterocycles. The van der Waals surface area contributed by atoms with E-state index >= 15 is 0 Å². The van der Waals surface area contributed by atoms with E-state index in [2.05, 4.69) is 31.4 Å². The SMILES string of the molecule is COC(C)(C)CC(C)NCC(=O)NCC(C)C. The third kappa shape index (κ3) is 9.12. The van der Waals surface area contributed by atoms with Crippen LogP contribution in [-0.4, -0.2) is 37.7 Å². The average Bonchev–Trinajstić information content (AvgIpc) is 2.23. The van der Waals surface area contributed by atoms with Gasteiger partial charge in [0.25, 0.3) is 0 Å². The zero-order valence-corrected chi connectivity index (χ0v) is 12.1. The Hall–Kier alpha value is -0.610. The standard InChI is InChI=1S/C13H28N2O2/c1-10(2)8-15-12(16)9-14-11(3)7-13(4,5)17-6/h10-11,14H,7-9H2,1-6H3,(H,15,16). The summed E-state index contributed by atoms with van der Waals surface area (Å²) in [6.07, 6.45) is 0.876. The molecule has 1 atom stereocenters. The van der Waals surface area contributed by atoms with Crippen molar-refractivity contribution in [1.82, 2.24) is 10.6 Å². The first-order valence-corrected chi connectivity index (χ1v) is 6.32. The second-order valence-corrected chi connectivity index (χ2v) is 5.65. The number of amides is 1. The highest BCUT2D eigenvalue weighted by molar-refractivity contribution is 5.77. The lowest BCUT2D eigenvalue weighted by atomic mass is 10.00. The molecule has 1 amide bonds. The van der Waals surface area contributed by atoms with Crippen molar-refractivity contribution in [3.8, 4) is 0 Å². The zero-order chi connectivity index (χ0) is 13.5. The number of carbonyl (C=O) groups excluding carboxylic acids is 1. The molecular weight excluding hydrogens is 216 g/mol. The predicted molar refractivity (Wildman–Crippen MR) is 71.0 cm³/mol. The van der Waals surface area contributed by atoms with E-state index in [0.717, 1.165) is 13.0 Å². The minimum atomic E-state index is -0.152. The predicted octanol–water partition coefficient (Wildman–Crippen LogP) is 1.55. The molecule has 0 saturated heterocycles. The largest absolute Gasteiger partial charge is 0.379 e. The molecule has 0 bridgehead atoms. The van der Waals surface area contributed by atoms with Gasteiger partial charge in [-0.15, -0.1) is 0 Å². The first kappa shape index (κ1) is 16.4. The van der Waals surface area contributed by atoms with E-state index in [4.69, 9.17) is 4.74 Å². The van der Waals surface area contributed by atoms with E-state index in [1.165, 1.54) is 0 Å². The van der Waals surface area contributed by atoms with Crippen LogP contribution in [0.2, 0.25) is 0 Å². The van der Waals surface area contributed by atoms with Crippen LogP contribution in [0.15, 0.2) is 0 Å². The van der Waals surface area contributed by atoms with Crippen LogP contribution in [-0.2, 0) is 9.53 Å². The van der Waals surface area contributed by atoms with Gasteiger partial charge in [-0.3, -0.25) is 4.79 Å². The summed E-state index contributed by atoms with van der Waals surface area (Å²) in [4.78, 5) is 11.5. The van der Waals surface area contributed by atoms with Crippen molar-refractivity contribution < 1.29 is 9.53 Å². The molecule has 0 aromatic heterocycles. The Balaban J connectivity index is 3.76. The topological polar surface area (TPSA) is 50.4 Å². The summed E-state index contributed by atoms with van der Waals surface area (Å²) in [5, 5.41) is 6.09. The molecule has 0 aliphatic rings. The molecule has 0 aliphatic carbocycles. The van der Waals surface area contributed by atoms with Crippen molar-refractivity contribution in [1.29, 1.82) is 0 Å². The fraction of sp³-hybridized carbons (Fsp3) is 0.923. The lowest BCUT2D eigenvalue weighted by Crippen LogP contribution is -2.42. The smallest absolute Gasteiger partial charge is 0.233 e. The average molecular weight is 244 g/mol. The molecule has 0 spiro atoms. The minimum Gasteiger partial charge on any atom is -0.379 e. The Kier molecular flexibility index (Phi) is 7.39. The number of carbonyl (C=O) groups is 1. The van der Waals surface area contributed by atoms with E-state index in [0.29, 0.717) is 12.5 Å². The lowest BCUT2D eigenvalue weighted by molar-refractivity contribution is -0.120. The van der Waals surface area contributed by atoms with Gasteiger partial charge in [0, 0.05) is 19.7 Å². The highest BCUT2D eigenvalue weighted by Gasteiger charge is 2.20. The van der Waals surface area contributed by atoms with E-state index in [1.54, 1.807) is 7.11 Å². The van der Waals surface area contributed by atoms with Crippen LogP contribution in [0.4, 0.5) is 0 Å². The zero-order valence-electron chi connectivity index (χ0n) is 12.1. The Morgan fingerprint density at radius 2 is 1.88 bits per heavy atom. The minimum absolute atomic E-state index is 0.0563. The Morgan fingerprint density at radius 1 is 1.29 bits per heavy atom. The number of hydrogen-bond donors (Lipinski definition) is 2. The first-order valence-electron chi connectivity index (χ1n) is 6.32. The van der Waals surface area contributed by atoms with Crippen LogP contribution < -0.4 is 10.6 Å². The summed E-state index contributed by atoms with van der Waals surface area (Å²) in [7, 11) is 1.71. The summed E-state index contributed by atoms with van der Waals surface area (Å²) in [6.45, 7) is 11.4. The van der Waals surface area contributed by atoms with Crippen LogP contribution in [0.5, 0.6) is 0 Å². The number of ether oxygens (including phenoxy) is 1. The Morgan fingerprint density at radius 3 is 2.35 bits per heavy atom. The van der Waals surface area contributed by atoms with Crippen molar-refractivity contribution >= 4 is 5.91 Å². The Bertz CT molecular complexity index is 227. The number of methoxy groups -OCH3 is 1. The quantitative estimate of drug-likeness (QED) is 0.681. The van der Waals surface area contributed by atoms with Crippen LogP contribution >= 0.6 is 0 Å². The molecule has 2 N–H and O–H groups in total. The maximum Gasteiger partial charge on any atom is 0.233 e. The van der Waals surface area contributed by atoms with Crippen molar-refractivity contribution in [2.75, 3.05) is 20.2 Å². The van der Waals surface area contributed by atoms with E-state index in [-0.39, 0.29) is 17.6 Å². The number of rotatable bonds is 8. The summed E-state index contributed by atoms with van der Waals surface area (Å²) in [6, 6.07) is 0.259. The molecule has 1 unspecified atom stereocenters. The molecule has 0 aromatic rings. The molecule has 0 heterocycles. The fourth-order valence-electron chi connectivity index (χ4n) is 1.54. The van der Waals surface area contributed by atoms with Crippen LogP contribution in [0, 0.1) is 5.92 Å². The normalized spacial score (nSPS) is 13.8. The molecule has 4 nitrogen and oxygen atoms in total. The van der Waals surface area contributed by atoms with Crippen molar-refractivity contribution in [2.24, 2.45) is 5.92 Å². The van der Waals surface area contributed by atoms with Crippen LogP contribution in [0.25, 0.3) is 0 Å². The van der Waals surface area contributed by atoms with Gasteiger partial charge >= 0.3 is 0 Å². The molecule has 102 valence electrons. The fourth-order valence-corrected chi connectivity index (χ4v) is 1.54. The highest BCUT2D eigenvalue weighted by Crippen LogP contribution is 2.14. The van der Waals surface area contributed by atoms with Gasteiger partial charge < -0.3 is 15.4 Å². The highest BCUT2D eigenvalue weighted by atomic mass is 16.5. The second-order valence-electron chi connectivity index (χ2n) is 5.65. The molecule has 17 heavy (non-hydrogen) atoms. The second kappa shape index (κ2) is 7.67. The number of nitrogens with one attached hydrogen (secondary N) is 2. The molecule has 4 heteroatoms. The molecule has 0 radical (unpaired) electrons. The van der Waals surface area contributed by atoms with Crippen LogP contribution in [0.3, 0.4) is 0 Å². The van der Waals surface area contributed by atoms with Crippen LogP contribution in [0.1, 0.15) is 41.0 Å². The summed E-state index contributed by atoms with van der Waals surface area (Å²) in [5.41, 5.74) is -0.152. The molecule has 0 rings (SSSR count). The van der Waals surface area contributed by atoms with Gasteiger partial charge in [-0.05, 0) is 33.1 Å². The number of hydrogen-bond acceptors (Lipinski definition) is 3. The molecular formula is C13H28N2O2. The van der Waals surface area contributed by atoms with Gasteiger partial charge in [0.15, 0.2) is 0 Å². The maximum absolute atomic E-state index is 11.5. The third-order valence-electron chi connectivity index (χ3n) is 2.67. The van der Waals surface area contributed by atoms with Gasteiger partial charge in [0.2, 0.25) is 5.91 Å². The van der Waals surface area contributed by atoms with Gasteiger partial charge in [-0.2, -0.15) is 0 Å². The molecule has 0 aromatic carbocycles. The molecule has 0 saturated carbocycles. The summed E-state index contributed by atoms with van der Waals surface area (Å²) in [5.74, 6) is 0.546. The van der Waals surface area contributed by atoms with E-state index in [1.807, 2.05) is 13.8 Å². The summed E-state index contributed by atoms with van der Waals surface area (Å²) < 4.78 is 5.35. The summed E-state index contributed by atoms with van der Waals surface area (Å²) >= 11 is 0. The van der Waals surface area contributed by atoms with Crippen molar-refractivity contribution in [3.05, 3.63) is 0 Å². The van der Waals surface area contributed by atoms with Crippen molar-refractivity contribution in [3.63, 3.8) is 0 Å². The maximum atomic E-state index is 11.5. The van der Waals surface area contributed by atoms with Crippen molar-refractivity contribution in [2.45, 2.75) is 52.7 Å². The van der Waals surface area contributed by atoms with Gasteiger partial charge in [0.1, 0.15) is 0 Å². The Labute approximate surface area is 105 Å². The third-order valence-corrected chi connectivity index (χ3v) is 2.67. The molecule has 0 fully saturated rings. The van der Waals surface area contributed by atoms with Gasteiger partial charge in [0.05, 0.1) is 12.1 Å². The van der Waals surface area contributed by atoms with Gasteiger partial charge in [-0.25, -0.2) is 0 Å². The lowest BCUT2D eigenvalue weighted by Gasteiger charge is -2.27. The van der Waals surface area contributed by atoms with E-state index < -0.39 is 0 Å². The first-order chi connectivity index (χ1) is 7.76. The van der Waals surface area contributed by atoms with E-state index in [9.17, 15) is 4.79 Å². The van der Waals surface area contributed by atoms with Gasteiger partial charge in [-0.1, -0.05) is 13.8 Å².